The van der Waals surface area contributed by atoms with E-state index in [1.807, 2.05) is 0 Å². The van der Waals surface area contributed by atoms with E-state index in [1.165, 1.54) is 12.8 Å². The molecule has 1 N–H and O–H groups in total. The molecule has 1 fully saturated rings. The average Bonchev–Trinajstić information content (AvgIpc) is 1.99. The molecule has 0 aromatic rings. The minimum Gasteiger partial charge on any atom is -0.314 e. The molecule has 0 saturated heterocycles. The smallest absolute Gasteiger partial charge is 0.0118 e. The number of hydrogen-bond donors (Lipinski definition) is 1. The summed E-state index contributed by atoms with van der Waals surface area (Å²) in [6, 6.07) is 0.759. The molecule has 1 nitrogen and oxygen atoms in total. The van der Waals surface area contributed by atoms with Gasteiger partial charge in [0.15, 0.2) is 0 Å². The molecule has 0 heterocycles. The van der Waals surface area contributed by atoms with Crippen molar-refractivity contribution >= 4 is 0 Å². The highest BCUT2D eigenvalue weighted by molar-refractivity contribution is 4.90. The topological polar surface area (TPSA) is 12.0 Å². The molecule has 1 unspecified atom stereocenters. The number of hydrogen-bond acceptors (Lipinski definition) is 1. The second kappa shape index (κ2) is 5.16. The summed E-state index contributed by atoms with van der Waals surface area (Å²) in [5, 5.41) is 3.64. The van der Waals surface area contributed by atoms with Gasteiger partial charge in [-0.15, -0.1) is 0 Å². The number of nitrogens with one attached hydrogen (secondary N) is 1. The van der Waals surface area contributed by atoms with E-state index in [0.717, 1.165) is 36.3 Å². The molecule has 0 radical (unpaired) electrons. The Hall–Kier alpha value is -0.0400. The average molecular weight is 197 g/mol. The Labute approximate surface area is 89.7 Å². The van der Waals surface area contributed by atoms with Gasteiger partial charge in [-0.1, -0.05) is 34.6 Å². The van der Waals surface area contributed by atoms with Gasteiger partial charge in [-0.25, -0.2) is 0 Å². The Morgan fingerprint density at radius 3 is 2.00 bits per heavy atom. The van der Waals surface area contributed by atoms with Crippen molar-refractivity contribution in [3.05, 3.63) is 0 Å². The van der Waals surface area contributed by atoms with Crippen molar-refractivity contribution in [3.8, 4) is 0 Å². The predicted molar refractivity (Wildman–Crippen MR) is 63.4 cm³/mol. The van der Waals surface area contributed by atoms with Crippen LogP contribution < -0.4 is 5.32 Å². The van der Waals surface area contributed by atoms with Crippen molar-refractivity contribution in [3.63, 3.8) is 0 Å². The first kappa shape index (κ1) is 12.0. The van der Waals surface area contributed by atoms with Crippen molar-refractivity contribution in [1.82, 2.24) is 5.32 Å². The van der Waals surface area contributed by atoms with Crippen LogP contribution in [0.5, 0.6) is 0 Å². The van der Waals surface area contributed by atoms with Gasteiger partial charge in [-0.3, -0.25) is 0 Å². The molecule has 1 rings (SSSR count). The Kier molecular flexibility index (Phi) is 4.43. The maximum Gasteiger partial charge on any atom is 0.0118 e. The van der Waals surface area contributed by atoms with Crippen LogP contribution in [0.2, 0.25) is 0 Å². The van der Waals surface area contributed by atoms with Crippen LogP contribution in [0.3, 0.4) is 0 Å². The normalized spacial score (nSPS) is 29.4. The van der Waals surface area contributed by atoms with Crippen molar-refractivity contribution in [2.24, 2.45) is 23.7 Å². The summed E-state index contributed by atoms with van der Waals surface area (Å²) in [6.07, 6.45) is 2.90. The van der Waals surface area contributed by atoms with Crippen molar-refractivity contribution in [2.45, 2.75) is 53.5 Å². The molecule has 1 heteroatoms. The van der Waals surface area contributed by atoms with E-state index in [0.29, 0.717) is 0 Å². The molecule has 1 aliphatic rings. The zero-order valence-electron chi connectivity index (χ0n) is 10.5. The number of rotatable bonds is 5. The fourth-order valence-corrected chi connectivity index (χ4v) is 2.73. The molecule has 0 spiro atoms. The lowest BCUT2D eigenvalue weighted by Gasteiger charge is -2.44. The fourth-order valence-electron chi connectivity index (χ4n) is 2.73. The summed E-state index contributed by atoms with van der Waals surface area (Å²) in [5.74, 6) is 3.62. The summed E-state index contributed by atoms with van der Waals surface area (Å²) >= 11 is 0. The van der Waals surface area contributed by atoms with Crippen LogP contribution in [0.15, 0.2) is 0 Å². The molecule has 0 aromatic carbocycles. The largest absolute Gasteiger partial charge is 0.314 e. The SMILES string of the molecule is CCNC(C(C)C)C1CC(C(C)C)C1. The lowest BCUT2D eigenvalue weighted by atomic mass is 9.65. The Morgan fingerprint density at radius 1 is 1.07 bits per heavy atom. The van der Waals surface area contributed by atoms with Gasteiger partial charge in [0.05, 0.1) is 0 Å². The van der Waals surface area contributed by atoms with Gasteiger partial charge >= 0.3 is 0 Å². The minimum absolute atomic E-state index is 0.759. The second-order valence-corrected chi connectivity index (χ2v) is 5.56. The second-order valence-electron chi connectivity index (χ2n) is 5.56. The standard InChI is InChI=1S/C13H27N/c1-6-14-13(10(4)5)12-7-11(8-12)9(2)3/h9-14H,6-8H2,1-5H3. The lowest BCUT2D eigenvalue weighted by molar-refractivity contribution is 0.0872. The van der Waals surface area contributed by atoms with E-state index < -0.39 is 0 Å². The molecule has 0 aliphatic heterocycles. The van der Waals surface area contributed by atoms with E-state index in [1.54, 1.807) is 0 Å². The highest BCUT2D eigenvalue weighted by Gasteiger charge is 2.36. The van der Waals surface area contributed by atoms with E-state index in [2.05, 4.69) is 39.9 Å². The van der Waals surface area contributed by atoms with Crippen molar-refractivity contribution in [1.29, 1.82) is 0 Å². The van der Waals surface area contributed by atoms with Gasteiger partial charge in [0, 0.05) is 6.04 Å². The molecule has 14 heavy (non-hydrogen) atoms. The summed E-state index contributed by atoms with van der Waals surface area (Å²) in [4.78, 5) is 0. The van der Waals surface area contributed by atoms with Gasteiger partial charge in [0.1, 0.15) is 0 Å². The zero-order chi connectivity index (χ0) is 10.7. The molecule has 84 valence electrons. The zero-order valence-corrected chi connectivity index (χ0v) is 10.5. The lowest BCUT2D eigenvalue weighted by Crippen LogP contribution is -2.46. The summed E-state index contributed by atoms with van der Waals surface area (Å²) in [6.45, 7) is 12.7. The maximum atomic E-state index is 3.64. The highest BCUT2D eigenvalue weighted by atomic mass is 14.9. The summed E-state index contributed by atoms with van der Waals surface area (Å²) in [7, 11) is 0. The molecular weight excluding hydrogens is 170 g/mol. The van der Waals surface area contributed by atoms with Gasteiger partial charge in [0.2, 0.25) is 0 Å². The molecule has 1 atom stereocenters. The Bertz CT molecular complexity index is 157. The van der Waals surface area contributed by atoms with Crippen molar-refractivity contribution < 1.29 is 0 Å². The molecule has 1 saturated carbocycles. The van der Waals surface area contributed by atoms with Crippen LogP contribution in [0.1, 0.15) is 47.5 Å². The third kappa shape index (κ3) is 2.73. The van der Waals surface area contributed by atoms with Gasteiger partial charge < -0.3 is 5.32 Å². The molecule has 0 bridgehead atoms. The highest BCUT2D eigenvalue weighted by Crippen LogP contribution is 2.42. The van der Waals surface area contributed by atoms with Crippen LogP contribution in [0.4, 0.5) is 0 Å². The Morgan fingerprint density at radius 2 is 1.64 bits per heavy atom. The van der Waals surface area contributed by atoms with E-state index >= 15 is 0 Å². The van der Waals surface area contributed by atoms with Crippen LogP contribution in [-0.4, -0.2) is 12.6 Å². The van der Waals surface area contributed by atoms with Crippen LogP contribution >= 0.6 is 0 Å². The third-order valence-electron chi connectivity index (χ3n) is 3.82. The van der Waals surface area contributed by atoms with E-state index in [4.69, 9.17) is 0 Å². The van der Waals surface area contributed by atoms with Crippen LogP contribution in [0, 0.1) is 23.7 Å². The Balaban J connectivity index is 2.34. The van der Waals surface area contributed by atoms with Crippen LogP contribution in [-0.2, 0) is 0 Å². The maximum absolute atomic E-state index is 3.64. The van der Waals surface area contributed by atoms with Gasteiger partial charge in [0.25, 0.3) is 0 Å². The third-order valence-corrected chi connectivity index (χ3v) is 3.82. The van der Waals surface area contributed by atoms with E-state index in [-0.39, 0.29) is 0 Å². The molecule has 1 aliphatic carbocycles. The molecule has 0 amide bonds. The minimum atomic E-state index is 0.759. The monoisotopic (exact) mass is 197 g/mol. The quantitative estimate of drug-likeness (QED) is 0.713. The van der Waals surface area contributed by atoms with E-state index in [9.17, 15) is 0 Å². The van der Waals surface area contributed by atoms with Gasteiger partial charge in [-0.2, -0.15) is 0 Å². The predicted octanol–water partition coefficient (Wildman–Crippen LogP) is 3.30. The fraction of sp³-hybridized carbons (Fsp3) is 1.00. The van der Waals surface area contributed by atoms with Crippen molar-refractivity contribution in [2.75, 3.05) is 6.54 Å². The summed E-state index contributed by atoms with van der Waals surface area (Å²) in [5.41, 5.74) is 0. The molecule has 0 aromatic heterocycles. The first-order valence-corrected chi connectivity index (χ1v) is 6.29. The van der Waals surface area contributed by atoms with Gasteiger partial charge in [-0.05, 0) is 43.1 Å². The molecular formula is C13H27N. The van der Waals surface area contributed by atoms with Crippen LogP contribution in [0.25, 0.3) is 0 Å². The first-order valence-electron chi connectivity index (χ1n) is 6.29. The first-order chi connectivity index (χ1) is 6.56. The summed E-state index contributed by atoms with van der Waals surface area (Å²) < 4.78 is 0.